The second-order valence-corrected chi connectivity index (χ2v) is 5.81. The van der Waals surface area contributed by atoms with Crippen molar-refractivity contribution in [1.82, 2.24) is 0 Å². The summed E-state index contributed by atoms with van der Waals surface area (Å²) in [6, 6.07) is 11.1. The predicted octanol–water partition coefficient (Wildman–Crippen LogP) is 2.46. The Labute approximate surface area is 127 Å². The number of benzene rings is 1. The van der Waals surface area contributed by atoms with Gasteiger partial charge in [-0.2, -0.15) is 5.26 Å². The molecule has 110 valence electrons. The van der Waals surface area contributed by atoms with Crippen LogP contribution < -0.4 is 0 Å². The lowest BCUT2D eigenvalue weighted by Crippen LogP contribution is -2.27. The van der Waals surface area contributed by atoms with Gasteiger partial charge in [0, 0.05) is 10.6 Å². The third kappa shape index (κ3) is 5.40. The van der Waals surface area contributed by atoms with E-state index in [1.165, 1.54) is 18.7 Å². The molecule has 0 bridgehead atoms. The Hall–Kier alpha value is -2.13. The molecule has 0 spiro atoms. The molecular formula is C15H16N2O3S. The fourth-order valence-electron chi connectivity index (χ4n) is 1.50. The number of ether oxygens (including phenoxy) is 1. The van der Waals surface area contributed by atoms with Gasteiger partial charge in [0.1, 0.15) is 11.2 Å². The summed E-state index contributed by atoms with van der Waals surface area (Å²) >= 11 is 1.33. The molecule has 0 saturated heterocycles. The van der Waals surface area contributed by atoms with Crippen molar-refractivity contribution in [3.05, 3.63) is 30.3 Å². The van der Waals surface area contributed by atoms with Crippen molar-refractivity contribution in [3.63, 3.8) is 0 Å². The van der Waals surface area contributed by atoms with Crippen LogP contribution in [0.1, 0.15) is 13.8 Å². The average molecular weight is 304 g/mol. The maximum atomic E-state index is 11.8. The number of Topliss-reactive ketones (excluding diaryl/α,β-unsaturated/α-hetero) is 1. The lowest BCUT2D eigenvalue weighted by Gasteiger charge is -2.12. The van der Waals surface area contributed by atoms with Crippen LogP contribution in [0, 0.1) is 22.7 Å². The van der Waals surface area contributed by atoms with Crippen LogP contribution >= 0.6 is 11.8 Å². The first-order valence-corrected chi connectivity index (χ1v) is 7.19. The normalized spacial score (nSPS) is 12.8. The first-order valence-electron chi connectivity index (χ1n) is 6.31. The summed E-state index contributed by atoms with van der Waals surface area (Å²) in [7, 11) is 0. The third-order valence-corrected chi connectivity index (χ3v) is 3.72. The van der Waals surface area contributed by atoms with Crippen molar-refractivity contribution in [2.24, 2.45) is 5.92 Å². The summed E-state index contributed by atoms with van der Waals surface area (Å²) in [6.07, 6.45) is 0. The molecule has 1 rings (SSSR count). The van der Waals surface area contributed by atoms with Crippen LogP contribution in [-0.4, -0.2) is 29.3 Å². The molecule has 21 heavy (non-hydrogen) atoms. The predicted molar refractivity (Wildman–Crippen MR) is 80.2 cm³/mol. The highest BCUT2D eigenvalue weighted by molar-refractivity contribution is 8.00. The Bertz CT molecular complexity index is 566. The topological polar surface area (TPSA) is 91.0 Å². The molecule has 0 fully saturated rings. The number of thioether (sulfide) groups is 1. The number of ketones is 1. The zero-order chi connectivity index (χ0) is 15.8. The second kappa shape index (κ2) is 8.22. The van der Waals surface area contributed by atoms with Gasteiger partial charge in [0.25, 0.3) is 0 Å². The number of hydrogen-bond acceptors (Lipinski definition) is 6. The number of nitrogens with one attached hydrogen (secondary N) is 1. The van der Waals surface area contributed by atoms with Gasteiger partial charge in [-0.15, -0.1) is 11.8 Å². The molecule has 1 N–H and O–H groups in total. The molecule has 1 aromatic carbocycles. The van der Waals surface area contributed by atoms with E-state index < -0.39 is 29.5 Å². The average Bonchev–Trinajstić information content (AvgIpc) is 2.46. The molecule has 0 radical (unpaired) electrons. The number of hydrogen-bond donors (Lipinski definition) is 1. The molecule has 1 aromatic rings. The number of nitriles is 1. The van der Waals surface area contributed by atoms with Crippen molar-refractivity contribution in [3.8, 4) is 6.07 Å². The van der Waals surface area contributed by atoms with Gasteiger partial charge in [-0.1, -0.05) is 18.2 Å². The molecule has 0 aliphatic rings. The van der Waals surface area contributed by atoms with Crippen LogP contribution in [-0.2, 0) is 14.3 Å². The molecule has 0 aromatic heterocycles. The Balaban J connectivity index is 2.48. The second-order valence-electron chi connectivity index (χ2n) is 4.39. The summed E-state index contributed by atoms with van der Waals surface area (Å²) in [6.45, 7) is 2.59. The zero-order valence-corrected chi connectivity index (χ0v) is 12.6. The summed E-state index contributed by atoms with van der Waals surface area (Å²) in [5.74, 6) is -2.23. The molecule has 0 aliphatic carbocycles. The van der Waals surface area contributed by atoms with E-state index in [1.807, 2.05) is 30.3 Å². The van der Waals surface area contributed by atoms with Crippen molar-refractivity contribution in [1.29, 1.82) is 10.7 Å². The maximum Gasteiger partial charge on any atom is 0.319 e. The Morgan fingerprint density at radius 2 is 2.00 bits per heavy atom. The van der Waals surface area contributed by atoms with Crippen molar-refractivity contribution < 1.29 is 14.3 Å². The van der Waals surface area contributed by atoms with Crippen LogP contribution in [0.15, 0.2) is 35.2 Å². The molecule has 0 saturated carbocycles. The Morgan fingerprint density at radius 3 is 2.52 bits per heavy atom. The third-order valence-electron chi connectivity index (χ3n) is 2.63. The van der Waals surface area contributed by atoms with Crippen LogP contribution in [0.3, 0.4) is 0 Å². The molecule has 0 unspecified atom stereocenters. The zero-order valence-electron chi connectivity index (χ0n) is 11.8. The van der Waals surface area contributed by atoms with Gasteiger partial charge in [-0.3, -0.25) is 9.59 Å². The summed E-state index contributed by atoms with van der Waals surface area (Å²) in [5.41, 5.74) is -0.0507. The minimum atomic E-state index is -1.14. The van der Waals surface area contributed by atoms with E-state index in [4.69, 9.17) is 15.4 Å². The fourth-order valence-corrected chi connectivity index (χ4v) is 2.39. The maximum absolute atomic E-state index is 11.8. The van der Waals surface area contributed by atoms with Gasteiger partial charge in [0.2, 0.25) is 0 Å². The SMILES string of the molecule is CC(=N)[C@@H](C#N)C(=O)COC(=O)[C@H](C)Sc1ccccc1. The summed E-state index contributed by atoms with van der Waals surface area (Å²) in [5, 5.41) is 15.6. The van der Waals surface area contributed by atoms with Gasteiger partial charge in [0.05, 0.1) is 6.07 Å². The number of esters is 1. The lowest BCUT2D eigenvalue weighted by molar-refractivity contribution is -0.147. The van der Waals surface area contributed by atoms with Crippen LogP contribution in [0.5, 0.6) is 0 Å². The fraction of sp³-hybridized carbons (Fsp3) is 0.333. The molecule has 5 nitrogen and oxygen atoms in total. The van der Waals surface area contributed by atoms with E-state index in [0.29, 0.717) is 0 Å². The summed E-state index contributed by atoms with van der Waals surface area (Å²) < 4.78 is 4.91. The molecule has 0 amide bonds. The molecular weight excluding hydrogens is 288 g/mol. The Kier molecular flexibility index (Phi) is 6.63. The smallest absolute Gasteiger partial charge is 0.319 e. The van der Waals surface area contributed by atoms with Crippen LogP contribution in [0.4, 0.5) is 0 Å². The van der Waals surface area contributed by atoms with E-state index in [0.717, 1.165) is 4.90 Å². The first kappa shape index (κ1) is 16.9. The standard InChI is InChI=1S/C15H16N2O3S/c1-10(17)13(8-16)14(18)9-20-15(19)11(2)21-12-6-4-3-5-7-12/h3-7,11,13,17H,9H2,1-2H3/t11-,13+/m0/s1. The van der Waals surface area contributed by atoms with Crippen LogP contribution in [0.25, 0.3) is 0 Å². The van der Waals surface area contributed by atoms with Gasteiger partial charge >= 0.3 is 5.97 Å². The van der Waals surface area contributed by atoms with Gasteiger partial charge in [0.15, 0.2) is 12.4 Å². The highest BCUT2D eigenvalue weighted by Crippen LogP contribution is 2.23. The molecule has 6 heteroatoms. The van der Waals surface area contributed by atoms with E-state index in [2.05, 4.69) is 0 Å². The Morgan fingerprint density at radius 1 is 1.38 bits per heavy atom. The van der Waals surface area contributed by atoms with Crippen molar-refractivity contribution >= 4 is 29.2 Å². The van der Waals surface area contributed by atoms with E-state index >= 15 is 0 Å². The number of nitrogens with zero attached hydrogens (tertiary/aromatic N) is 1. The molecule has 0 heterocycles. The minimum absolute atomic E-state index is 0.0507. The van der Waals surface area contributed by atoms with E-state index in [1.54, 1.807) is 13.0 Å². The van der Waals surface area contributed by atoms with E-state index in [9.17, 15) is 9.59 Å². The quantitative estimate of drug-likeness (QED) is 0.474. The minimum Gasteiger partial charge on any atom is -0.457 e. The number of rotatable bonds is 7. The van der Waals surface area contributed by atoms with Crippen molar-refractivity contribution in [2.45, 2.75) is 24.0 Å². The largest absolute Gasteiger partial charge is 0.457 e. The monoisotopic (exact) mass is 304 g/mol. The van der Waals surface area contributed by atoms with E-state index in [-0.39, 0.29) is 5.71 Å². The van der Waals surface area contributed by atoms with Gasteiger partial charge < -0.3 is 10.1 Å². The highest BCUT2D eigenvalue weighted by Gasteiger charge is 2.23. The van der Waals surface area contributed by atoms with Gasteiger partial charge in [-0.05, 0) is 26.0 Å². The van der Waals surface area contributed by atoms with Crippen LogP contribution in [0.2, 0.25) is 0 Å². The highest BCUT2D eigenvalue weighted by atomic mass is 32.2. The van der Waals surface area contributed by atoms with Crippen molar-refractivity contribution in [2.75, 3.05) is 6.61 Å². The lowest BCUT2D eigenvalue weighted by atomic mass is 10.0. The molecule has 0 aliphatic heterocycles. The number of carbonyl (C=O) groups excluding carboxylic acids is 2. The first-order chi connectivity index (χ1) is 9.95. The van der Waals surface area contributed by atoms with Gasteiger partial charge in [-0.25, -0.2) is 0 Å². The molecule has 2 atom stereocenters. The number of carbonyl (C=O) groups is 2. The summed E-state index contributed by atoms with van der Waals surface area (Å²) in [4.78, 5) is 24.4.